The van der Waals surface area contributed by atoms with Crippen LogP contribution in [0.1, 0.15) is 12.6 Å². The van der Waals surface area contributed by atoms with Crippen molar-refractivity contribution in [3.63, 3.8) is 0 Å². The summed E-state index contributed by atoms with van der Waals surface area (Å²) in [7, 11) is 0. The molecule has 0 aliphatic heterocycles. The first-order chi connectivity index (χ1) is 6.33. The maximum atomic E-state index is 10.8. The van der Waals surface area contributed by atoms with E-state index in [-0.39, 0.29) is 6.09 Å². The number of H-pyrrole nitrogens is 1. The van der Waals surface area contributed by atoms with Crippen LogP contribution in [0.4, 0.5) is 4.79 Å². The van der Waals surface area contributed by atoms with Gasteiger partial charge in [0.15, 0.2) is 0 Å². The maximum absolute atomic E-state index is 10.8. The number of nitrogens with zero attached hydrogens (tertiary/aromatic N) is 1. The van der Waals surface area contributed by atoms with E-state index in [1.807, 2.05) is 0 Å². The molecular formula is C8H13N3O2. The highest BCUT2D eigenvalue weighted by Crippen LogP contribution is 1.90. The third-order valence-corrected chi connectivity index (χ3v) is 1.49. The summed E-state index contributed by atoms with van der Waals surface area (Å²) in [6.45, 7) is 2.73. The lowest BCUT2D eigenvalue weighted by Gasteiger charge is -2.03. The smallest absolute Gasteiger partial charge is 0.407 e. The zero-order chi connectivity index (χ0) is 9.52. The van der Waals surface area contributed by atoms with Crippen LogP contribution in [0.3, 0.4) is 0 Å². The minimum Gasteiger partial charge on any atom is -0.450 e. The van der Waals surface area contributed by atoms with Crippen molar-refractivity contribution >= 4 is 6.09 Å². The zero-order valence-corrected chi connectivity index (χ0v) is 7.54. The summed E-state index contributed by atoms with van der Waals surface area (Å²) in [5.41, 5.74) is 0.997. The molecule has 0 aliphatic rings. The van der Waals surface area contributed by atoms with Gasteiger partial charge in [-0.05, 0) is 6.92 Å². The van der Waals surface area contributed by atoms with Crippen LogP contribution >= 0.6 is 0 Å². The van der Waals surface area contributed by atoms with Gasteiger partial charge in [-0.1, -0.05) is 0 Å². The molecule has 1 aromatic rings. The van der Waals surface area contributed by atoms with Crippen molar-refractivity contribution in [2.24, 2.45) is 0 Å². The summed E-state index contributed by atoms with van der Waals surface area (Å²) in [4.78, 5) is 17.6. The monoisotopic (exact) mass is 183 g/mol. The van der Waals surface area contributed by atoms with Crippen LogP contribution in [-0.4, -0.2) is 29.2 Å². The Balaban J connectivity index is 2.11. The molecule has 1 aromatic heterocycles. The lowest BCUT2D eigenvalue weighted by molar-refractivity contribution is 0.152. The number of rotatable bonds is 4. The number of aromatic amines is 1. The Morgan fingerprint density at radius 2 is 2.62 bits per heavy atom. The van der Waals surface area contributed by atoms with E-state index in [0.29, 0.717) is 13.2 Å². The Labute approximate surface area is 76.5 Å². The summed E-state index contributed by atoms with van der Waals surface area (Å²) in [5.74, 6) is 0. The molecule has 0 unspecified atom stereocenters. The largest absolute Gasteiger partial charge is 0.450 e. The molecule has 1 amide bonds. The number of carbonyl (C=O) groups is 1. The van der Waals surface area contributed by atoms with Crippen LogP contribution in [0.15, 0.2) is 12.5 Å². The highest BCUT2D eigenvalue weighted by atomic mass is 16.5. The molecule has 0 fully saturated rings. The van der Waals surface area contributed by atoms with Gasteiger partial charge in [-0.25, -0.2) is 9.78 Å². The molecule has 5 heteroatoms. The van der Waals surface area contributed by atoms with E-state index in [2.05, 4.69) is 20.0 Å². The Morgan fingerprint density at radius 3 is 3.23 bits per heavy atom. The second kappa shape index (κ2) is 5.18. The van der Waals surface area contributed by atoms with Crippen molar-refractivity contribution in [2.75, 3.05) is 13.2 Å². The fraction of sp³-hybridized carbons (Fsp3) is 0.500. The van der Waals surface area contributed by atoms with Crippen LogP contribution in [0, 0.1) is 0 Å². The number of aromatic nitrogens is 2. The number of amides is 1. The molecule has 0 bridgehead atoms. The van der Waals surface area contributed by atoms with Gasteiger partial charge in [0, 0.05) is 24.9 Å². The Kier molecular flexibility index (Phi) is 3.81. The molecule has 0 aliphatic carbocycles. The van der Waals surface area contributed by atoms with Crippen LogP contribution < -0.4 is 5.32 Å². The van der Waals surface area contributed by atoms with Gasteiger partial charge in [0.1, 0.15) is 0 Å². The minimum absolute atomic E-state index is 0.373. The first-order valence-corrected chi connectivity index (χ1v) is 4.20. The molecule has 0 spiro atoms. The molecule has 1 heterocycles. The van der Waals surface area contributed by atoms with E-state index < -0.39 is 0 Å². The highest BCUT2D eigenvalue weighted by Gasteiger charge is 1.99. The van der Waals surface area contributed by atoms with E-state index in [9.17, 15) is 4.79 Å². The van der Waals surface area contributed by atoms with Crippen molar-refractivity contribution in [1.29, 1.82) is 0 Å². The van der Waals surface area contributed by atoms with Crippen LogP contribution in [0.2, 0.25) is 0 Å². The fourth-order valence-corrected chi connectivity index (χ4v) is 0.903. The normalized spacial score (nSPS) is 9.62. The Morgan fingerprint density at radius 1 is 1.77 bits per heavy atom. The molecule has 13 heavy (non-hydrogen) atoms. The minimum atomic E-state index is -0.373. The van der Waals surface area contributed by atoms with Crippen LogP contribution in [0.5, 0.6) is 0 Å². The number of carbonyl (C=O) groups excluding carboxylic acids is 1. The van der Waals surface area contributed by atoms with Gasteiger partial charge in [0.25, 0.3) is 0 Å². The molecule has 0 saturated carbocycles. The maximum Gasteiger partial charge on any atom is 0.407 e. The van der Waals surface area contributed by atoms with E-state index >= 15 is 0 Å². The third kappa shape index (κ3) is 3.59. The molecular weight excluding hydrogens is 170 g/mol. The summed E-state index contributed by atoms with van der Waals surface area (Å²) < 4.78 is 4.69. The number of nitrogens with one attached hydrogen (secondary N) is 2. The number of ether oxygens (including phenoxy) is 1. The molecule has 72 valence electrons. The SMILES string of the molecule is CCOC(=O)NCCc1cnc[nH]1. The first-order valence-electron chi connectivity index (χ1n) is 4.20. The average molecular weight is 183 g/mol. The molecule has 0 radical (unpaired) electrons. The number of hydrogen-bond acceptors (Lipinski definition) is 3. The van der Waals surface area contributed by atoms with E-state index in [4.69, 9.17) is 0 Å². The fourth-order valence-electron chi connectivity index (χ4n) is 0.903. The van der Waals surface area contributed by atoms with Crippen molar-refractivity contribution in [3.05, 3.63) is 18.2 Å². The molecule has 0 atom stereocenters. The molecule has 1 rings (SSSR count). The standard InChI is InChI=1S/C8H13N3O2/c1-2-13-8(12)10-4-3-7-5-9-6-11-7/h5-6H,2-4H2,1H3,(H,9,11)(H,10,12). The molecule has 0 saturated heterocycles. The van der Waals surface area contributed by atoms with Crippen molar-refractivity contribution in [1.82, 2.24) is 15.3 Å². The van der Waals surface area contributed by atoms with E-state index in [1.165, 1.54) is 0 Å². The van der Waals surface area contributed by atoms with Gasteiger partial charge < -0.3 is 15.0 Å². The second-order valence-corrected chi connectivity index (χ2v) is 2.47. The molecule has 2 N–H and O–H groups in total. The summed E-state index contributed by atoms with van der Waals surface area (Å²) in [6.07, 6.45) is 3.70. The summed E-state index contributed by atoms with van der Waals surface area (Å²) in [5, 5.41) is 2.61. The van der Waals surface area contributed by atoms with Gasteiger partial charge in [-0.3, -0.25) is 0 Å². The average Bonchev–Trinajstić information content (AvgIpc) is 2.57. The quantitative estimate of drug-likeness (QED) is 0.722. The lowest BCUT2D eigenvalue weighted by Crippen LogP contribution is -2.26. The number of imidazole rings is 1. The van der Waals surface area contributed by atoms with Gasteiger partial charge >= 0.3 is 6.09 Å². The predicted octanol–water partition coefficient (Wildman–Crippen LogP) is 0.698. The van der Waals surface area contributed by atoms with Crippen LogP contribution in [0.25, 0.3) is 0 Å². The van der Waals surface area contributed by atoms with Crippen molar-refractivity contribution < 1.29 is 9.53 Å². The third-order valence-electron chi connectivity index (χ3n) is 1.49. The Bertz CT molecular complexity index is 246. The van der Waals surface area contributed by atoms with Gasteiger partial charge in [0.05, 0.1) is 12.9 Å². The van der Waals surface area contributed by atoms with Crippen molar-refractivity contribution in [3.8, 4) is 0 Å². The van der Waals surface area contributed by atoms with Gasteiger partial charge in [-0.15, -0.1) is 0 Å². The predicted molar refractivity (Wildman–Crippen MR) is 47.3 cm³/mol. The zero-order valence-electron chi connectivity index (χ0n) is 7.54. The molecule has 5 nitrogen and oxygen atoms in total. The van der Waals surface area contributed by atoms with E-state index in [0.717, 1.165) is 12.1 Å². The number of hydrogen-bond donors (Lipinski definition) is 2. The van der Waals surface area contributed by atoms with E-state index in [1.54, 1.807) is 19.4 Å². The van der Waals surface area contributed by atoms with Gasteiger partial charge in [0.2, 0.25) is 0 Å². The number of alkyl carbamates (subject to hydrolysis) is 1. The lowest BCUT2D eigenvalue weighted by atomic mass is 10.3. The highest BCUT2D eigenvalue weighted by molar-refractivity contribution is 5.66. The first kappa shape index (κ1) is 9.57. The topological polar surface area (TPSA) is 67.0 Å². The summed E-state index contributed by atoms with van der Waals surface area (Å²) >= 11 is 0. The summed E-state index contributed by atoms with van der Waals surface area (Å²) in [6, 6.07) is 0. The molecule has 0 aromatic carbocycles. The van der Waals surface area contributed by atoms with Gasteiger partial charge in [-0.2, -0.15) is 0 Å². The Hall–Kier alpha value is -1.52. The van der Waals surface area contributed by atoms with Crippen LogP contribution in [-0.2, 0) is 11.2 Å². The van der Waals surface area contributed by atoms with Crippen molar-refractivity contribution in [2.45, 2.75) is 13.3 Å². The second-order valence-electron chi connectivity index (χ2n) is 2.47.